The molecule has 0 unspecified atom stereocenters. The summed E-state index contributed by atoms with van der Waals surface area (Å²) in [6.07, 6.45) is 28.6. The van der Waals surface area contributed by atoms with Crippen molar-refractivity contribution in [3.8, 4) is 0 Å². The van der Waals surface area contributed by atoms with Crippen LogP contribution in [0.4, 0.5) is 0 Å². The van der Waals surface area contributed by atoms with Gasteiger partial charge < -0.3 is 0 Å². The van der Waals surface area contributed by atoms with Crippen molar-refractivity contribution in [3.63, 3.8) is 0 Å². The molecule has 0 amide bonds. The van der Waals surface area contributed by atoms with Crippen molar-refractivity contribution in [2.75, 3.05) is 0 Å². The SMILES string of the molecule is CC(C=CC=C(C)C=CC1=C(C)C(=O)C(=O)CC1(C)C)=CC=CC=C(C)C=CC=C(C)C=CC1=C(C)C(=O)C(=O)CC1(C)C. The van der Waals surface area contributed by atoms with Crippen LogP contribution in [-0.4, -0.2) is 23.1 Å². The van der Waals surface area contributed by atoms with Gasteiger partial charge in [0.2, 0.25) is 23.1 Å². The summed E-state index contributed by atoms with van der Waals surface area (Å²) in [5.74, 6) is -1.36. The van der Waals surface area contributed by atoms with Gasteiger partial charge in [0.25, 0.3) is 0 Å². The molecule has 4 heteroatoms. The molecular formula is C40H48O4. The summed E-state index contributed by atoms with van der Waals surface area (Å²) in [6.45, 7) is 19.6. The third-order valence-corrected chi connectivity index (χ3v) is 7.95. The lowest BCUT2D eigenvalue weighted by molar-refractivity contribution is -0.136. The Labute approximate surface area is 264 Å². The van der Waals surface area contributed by atoms with Gasteiger partial charge in [-0.25, -0.2) is 0 Å². The second kappa shape index (κ2) is 15.5. The fourth-order valence-electron chi connectivity index (χ4n) is 5.30. The van der Waals surface area contributed by atoms with Crippen LogP contribution in [0.3, 0.4) is 0 Å². The quantitative estimate of drug-likeness (QED) is 0.187. The molecule has 2 aliphatic rings. The number of Topliss-reactive ketones (excluding diaryl/α,β-unsaturated/α-hetero) is 4. The van der Waals surface area contributed by atoms with Gasteiger partial charge in [-0.15, -0.1) is 0 Å². The Morgan fingerprint density at radius 3 is 1.14 bits per heavy atom. The number of hydrogen-bond donors (Lipinski definition) is 0. The highest BCUT2D eigenvalue weighted by atomic mass is 16.2. The highest BCUT2D eigenvalue weighted by molar-refractivity contribution is 6.45. The van der Waals surface area contributed by atoms with Crippen LogP contribution >= 0.6 is 0 Å². The molecule has 0 fully saturated rings. The van der Waals surface area contributed by atoms with Gasteiger partial charge in [0.15, 0.2) is 0 Å². The highest BCUT2D eigenvalue weighted by Gasteiger charge is 2.37. The van der Waals surface area contributed by atoms with Crippen molar-refractivity contribution >= 4 is 23.1 Å². The predicted octanol–water partition coefficient (Wildman–Crippen LogP) is 9.32. The largest absolute Gasteiger partial charge is 0.290 e. The molecule has 0 saturated heterocycles. The van der Waals surface area contributed by atoms with Crippen molar-refractivity contribution in [3.05, 3.63) is 130 Å². The molecule has 0 aliphatic heterocycles. The van der Waals surface area contributed by atoms with Gasteiger partial charge in [-0.05, 0) is 63.5 Å². The maximum absolute atomic E-state index is 12.1. The standard InChI is InChI=1S/C40H48O4/c1-27(17-13-19-29(3)21-23-33-31(5)37(43)35(41)25-39(33,7)8)15-11-12-16-28(2)18-14-20-30(4)22-24-34-32(6)38(44)36(42)26-40(34,9)10/h11-24H,25-26H2,1-10H3. The van der Waals surface area contributed by atoms with E-state index in [0.29, 0.717) is 11.1 Å². The van der Waals surface area contributed by atoms with Crippen LogP contribution in [0.2, 0.25) is 0 Å². The molecule has 0 bridgehead atoms. The van der Waals surface area contributed by atoms with Crippen LogP contribution < -0.4 is 0 Å². The molecule has 232 valence electrons. The molecule has 0 heterocycles. The van der Waals surface area contributed by atoms with Crippen molar-refractivity contribution < 1.29 is 19.2 Å². The van der Waals surface area contributed by atoms with Crippen LogP contribution in [0, 0.1) is 10.8 Å². The topological polar surface area (TPSA) is 68.3 Å². The van der Waals surface area contributed by atoms with Crippen LogP contribution in [0.15, 0.2) is 130 Å². The van der Waals surface area contributed by atoms with E-state index in [1.165, 1.54) is 0 Å². The Morgan fingerprint density at radius 1 is 0.500 bits per heavy atom. The molecular weight excluding hydrogens is 544 g/mol. The van der Waals surface area contributed by atoms with E-state index in [1.807, 2.05) is 140 Å². The molecule has 0 atom stereocenters. The first-order chi connectivity index (χ1) is 20.5. The summed E-state index contributed by atoms with van der Waals surface area (Å²) in [5.41, 5.74) is 6.55. The minimum Gasteiger partial charge on any atom is -0.290 e. The summed E-state index contributed by atoms with van der Waals surface area (Å²) in [6, 6.07) is 0. The number of allylic oxidation sites excluding steroid dienone is 22. The zero-order valence-corrected chi connectivity index (χ0v) is 28.1. The first-order valence-corrected chi connectivity index (χ1v) is 15.1. The predicted molar refractivity (Wildman–Crippen MR) is 183 cm³/mol. The van der Waals surface area contributed by atoms with Crippen LogP contribution in [0.25, 0.3) is 0 Å². The van der Waals surface area contributed by atoms with Crippen molar-refractivity contribution in [2.45, 2.75) is 82.1 Å². The van der Waals surface area contributed by atoms with E-state index in [9.17, 15) is 19.2 Å². The zero-order valence-electron chi connectivity index (χ0n) is 28.1. The fraction of sp³-hybridized carbons (Fsp3) is 0.350. The molecule has 0 spiro atoms. The van der Waals surface area contributed by atoms with Crippen LogP contribution in [-0.2, 0) is 19.2 Å². The zero-order chi connectivity index (χ0) is 33.2. The van der Waals surface area contributed by atoms with E-state index in [-0.39, 0.29) is 46.8 Å². The average Bonchev–Trinajstić information content (AvgIpc) is 2.92. The minimum absolute atomic E-state index is 0.246. The Balaban J connectivity index is 1.96. The summed E-state index contributed by atoms with van der Waals surface area (Å²) in [5, 5.41) is 0. The first kappa shape index (κ1) is 36.0. The smallest absolute Gasteiger partial charge is 0.224 e. The maximum atomic E-state index is 12.1. The van der Waals surface area contributed by atoms with E-state index in [1.54, 1.807) is 13.8 Å². The minimum atomic E-state index is -0.371. The molecule has 2 aliphatic carbocycles. The van der Waals surface area contributed by atoms with Crippen LogP contribution in [0.5, 0.6) is 0 Å². The van der Waals surface area contributed by atoms with E-state index in [4.69, 9.17) is 0 Å². The number of hydrogen-bond acceptors (Lipinski definition) is 4. The molecule has 44 heavy (non-hydrogen) atoms. The molecule has 0 aromatic rings. The van der Waals surface area contributed by atoms with Gasteiger partial charge in [0.05, 0.1) is 0 Å². The van der Waals surface area contributed by atoms with Crippen LogP contribution in [0.1, 0.15) is 82.1 Å². The van der Waals surface area contributed by atoms with E-state index in [2.05, 4.69) is 0 Å². The Kier molecular flexibility index (Phi) is 12.7. The number of rotatable bonds is 10. The van der Waals surface area contributed by atoms with Crippen molar-refractivity contribution in [1.29, 1.82) is 0 Å². The van der Waals surface area contributed by atoms with Gasteiger partial charge in [0, 0.05) is 24.0 Å². The third kappa shape index (κ3) is 10.2. The Morgan fingerprint density at radius 2 is 0.795 bits per heavy atom. The van der Waals surface area contributed by atoms with Gasteiger partial charge in [-0.1, -0.05) is 135 Å². The van der Waals surface area contributed by atoms with E-state index < -0.39 is 0 Å². The summed E-state index contributed by atoms with van der Waals surface area (Å²) in [4.78, 5) is 48.1. The van der Waals surface area contributed by atoms with E-state index >= 15 is 0 Å². The van der Waals surface area contributed by atoms with Gasteiger partial charge >= 0.3 is 0 Å². The molecule has 4 nitrogen and oxygen atoms in total. The normalized spacial score (nSPS) is 21.2. The Hall–Kier alpha value is -4.18. The second-order valence-corrected chi connectivity index (χ2v) is 13.1. The first-order valence-electron chi connectivity index (χ1n) is 15.1. The summed E-state index contributed by atoms with van der Waals surface area (Å²) >= 11 is 0. The van der Waals surface area contributed by atoms with E-state index in [0.717, 1.165) is 33.4 Å². The average molecular weight is 593 g/mol. The van der Waals surface area contributed by atoms with Gasteiger partial charge in [-0.2, -0.15) is 0 Å². The number of carbonyl (C=O) groups excluding carboxylic acids is 4. The van der Waals surface area contributed by atoms with Crippen molar-refractivity contribution in [1.82, 2.24) is 0 Å². The third-order valence-electron chi connectivity index (χ3n) is 7.95. The second-order valence-electron chi connectivity index (χ2n) is 13.1. The van der Waals surface area contributed by atoms with Gasteiger partial charge in [0.1, 0.15) is 0 Å². The molecule has 0 saturated carbocycles. The molecule has 0 N–H and O–H groups in total. The number of ketones is 4. The Bertz CT molecular complexity index is 1430. The lowest BCUT2D eigenvalue weighted by Gasteiger charge is -2.31. The molecule has 0 aromatic carbocycles. The highest BCUT2D eigenvalue weighted by Crippen LogP contribution is 2.39. The maximum Gasteiger partial charge on any atom is 0.224 e. The molecule has 0 radical (unpaired) electrons. The molecule has 2 rings (SSSR count). The molecule has 0 aromatic heterocycles. The number of carbonyl (C=O) groups is 4. The lowest BCUT2D eigenvalue weighted by atomic mass is 9.71. The van der Waals surface area contributed by atoms with Crippen molar-refractivity contribution in [2.24, 2.45) is 10.8 Å². The summed E-state index contributed by atoms with van der Waals surface area (Å²) < 4.78 is 0. The monoisotopic (exact) mass is 592 g/mol. The van der Waals surface area contributed by atoms with Gasteiger partial charge in [-0.3, -0.25) is 19.2 Å². The fourth-order valence-corrected chi connectivity index (χ4v) is 5.30. The lowest BCUT2D eigenvalue weighted by Crippen LogP contribution is -2.32. The summed E-state index contributed by atoms with van der Waals surface area (Å²) in [7, 11) is 0.